The van der Waals surface area contributed by atoms with E-state index >= 15 is 0 Å². The molecule has 1 atom stereocenters. The van der Waals surface area contributed by atoms with Crippen molar-refractivity contribution in [2.75, 3.05) is 0 Å². The molecule has 5 heteroatoms. The number of hydrogen-bond acceptors (Lipinski definition) is 2. The zero-order chi connectivity index (χ0) is 8.72. The van der Waals surface area contributed by atoms with Crippen molar-refractivity contribution in [2.45, 2.75) is 0 Å². The monoisotopic (exact) mass is 214 g/mol. The van der Waals surface area contributed by atoms with Crippen LogP contribution in [0.5, 0.6) is 0 Å². The second kappa shape index (κ2) is 2.92. The molecule has 2 rings (SSSR count). The summed E-state index contributed by atoms with van der Waals surface area (Å²) in [7, 11) is 0. The summed E-state index contributed by atoms with van der Waals surface area (Å²) in [6, 6.07) is 7.78. The Labute approximate surface area is 87.4 Å². The van der Waals surface area contributed by atoms with Gasteiger partial charge in [0, 0.05) is 12.1 Å². The molecule has 1 N–H and O–H groups in total. The Bertz CT molecular complexity index is 361. The van der Waals surface area contributed by atoms with Crippen LogP contribution in [0.25, 0.3) is 0 Å². The second-order valence-electron chi connectivity index (χ2n) is 2.46. The minimum absolute atomic E-state index is 0.682. The van der Waals surface area contributed by atoms with Gasteiger partial charge >= 0.3 is 5.17 Å². The highest BCUT2D eigenvalue weighted by atomic mass is 32.1. The van der Waals surface area contributed by atoms with Crippen molar-refractivity contribution in [3.05, 3.63) is 24.3 Å². The van der Waals surface area contributed by atoms with Crippen molar-refractivity contribution in [1.82, 2.24) is 0 Å². The molecule has 1 aliphatic rings. The molecule has 0 saturated heterocycles. The third-order valence-electron chi connectivity index (χ3n) is 1.76. The summed E-state index contributed by atoms with van der Waals surface area (Å²) in [6.07, 6.45) is 0. The maximum atomic E-state index is 5.15. The molecule has 0 amide bonds. The van der Waals surface area contributed by atoms with Crippen molar-refractivity contribution in [2.24, 2.45) is 0 Å². The van der Waals surface area contributed by atoms with E-state index in [1.54, 1.807) is 3.98 Å². The van der Waals surface area contributed by atoms with Gasteiger partial charge < -0.3 is 29.9 Å². The van der Waals surface area contributed by atoms with Crippen LogP contribution in [0.4, 0.5) is 11.4 Å². The van der Waals surface area contributed by atoms with Crippen LogP contribution >= 0.6 is 12.6 Å². The zero-order valence-corrected chi connectivity index (χ0v) is 8.55. The first-order chi connectivity index (χ1) is 5.72. The van der Waals surface area contributed by atoms with Crippen LogP contribution in [0.1, 0.15) is 0 Å². The molecule has 0 aliphatic carbocycles. The van der Waals surface area contributed by atoms with Crippen molar-refractivity contribution >= 4 is 54.8 Å². The average Bonchev–Trinajstić information content (AvgIpc) is 2.33. The van der Waals surface area contributed by atoms with Crippen LogP contribution in [0.15, 0.2) is 24.3 Å². The lowest BCUT2D eigenvalue weighted by Gasteiger charge is -2.10. The number of nitrogens with zero attached hydrogens (tertiary/aromatic N) is 1. The lowest BCUT2D eigenvalue weighted by atomic mass is 10.3. The molecular weight excluding hydrogens is 208 g/mol. The van der Waals surface area contributed by atoms with Gasteiger partial charge in [-0.1, -0.05) is 12.1 Å². The van der Waals surface area contributed by atoms with E-state index in [0.717, 1.165) is 15.7 Å². The Morgan fingerprint density at radius 1 is 1.33 bits per heavy atom. The number of rotatable bonds is 0. The highest BCUT2D eigenvalue weighted by Gasteiger charge is 2.27. The molecule has 2 nitrogen and oxygen atoms in total. The van der Waals surface area contributed by atoms with Crippen molar-refractivity contribution in [3.8, 4) is 0 Å². The van der Waals surface area contributed by atoms with E-state index in [9.17, 15) is 0 Å². The molecule has 0 spiro atoms. The SMILES string of the molecule is [S-][N+]1=C(S)[NH+]([S-])c2ccccc21. The zero-order valence-electron chi connectivity index (χ0n) is 6.02. The molecule has 62 valence electrons. The Kier molecular flexibility index (Phi) is 2.04. The first-order valence-electron chi connectivity index (χ1n) is 3.38. The fourth-order valence-electron chi connectivity index (χ4n) is 1.17. The summed E-state index contributed by atoms with van der Waals surface area (Å²) >= 11 is 14.5. The molecule has 0 bridgehead atoms. The minimum Gasteiger partial charge on any atom is -0.477 e. The van der Waals surface area contributed by atoms with Crippen LogP contribution in [-0.2, 0) is 25.6 Å². The largest absolute Gasteiger partial charge is 0.477 e. The third-order valence-corrected chi connectivity index (χ3v) is 3.27. The van der Waals surface area contributed by atoms with Crippen molar-refractivity contribution in [3.63, 3.8) is 0 Å². The second-order valence-corrected chi connectivity index (χ2v) is 3.66. The normalized spacial score (nSPS) is 21.3. The molecule has 0 saturated carbocycles. The van der Waals surface area contributed by atoms with Gasteiger partial charge in [-0.2, -0.15) is 0 Å². The molecule has 0 radical (unpaired) electrons. The first kappa shape index (κ1) is 8.37. The van der Waals surface area contributed by atoms with Gasteiger partial charge in [0.15, 0.2) is 5.69 Å². The van der Waals surface area contributed by atoms with Crippen molar-refractivity contribution < 1.29 is 8.29 Å². The summed E-state index contributed by atoms with van der Waals surface area (Å²) in [5.74, 6) is 0. The Hall–Kier alpha value is -0.230. The molecular formula is C7H6N2S3. The smallest absolute Gasteiger partial charge is 0.374 e. The number of amidine groups is 1. The Morgan fingerprint density at radius 3 is 2.67 bits per heavy atom. The van der Waals surface area contributed by atoms with Crippen LogP contribution in [0, 0.1) is 0 Å². The summed E-state index contributed by atoms with van der Waals surface area (Å²) < 4.78 is 2.32. The van der Waals surface area contributed by atoms with E-state index in [4.69, 9.17) is 25.6 Å². The molecule has 0 fully saturated rings. The summed E-state index contributed by atoms with van der Waals surface area (Å²) in [5.41, 5.74) is 1.97. The number of quaternary nitrogens is 1. The summed E-state index contributed by atoms with van der Waals surface area (Å²) in [4.78, 5) is 0. The van der Waals surface area contributed by atoms with E-state index in [2.05, 4.69) is 12.6 Å². The van der Waals surface area contributed by atoms with Gasteiger partial charge in [-0.05, 0) is 12.6 Å². The summed E-state index contributed by atoms with van der Waals surface area (Å²) in [5, 5.41) is 0.682. The number of para-hydroxylation sites is 2. The highest BCUT2D eigenvalue weighted by molar-refractivity contribution is 7.96. The van der Waals surface area contributed by atoms with Gasteiger partial charge in [0.1, 0.15) is 0 Å². The molecule has 1 unspecified atom stereocenters. The number of thiol groups is 1. The number of benzene rings is 1. The minimum atomic E-state index is 0.682. The van der Waals surface area contributed by atoms with Crippen molar-refractivity contribution in [1.29, 1.82) is 0 Å². The lowest BCUT2D eigenvalue weighted by Crippen LogP contribution is -3.03. The third kappa shape index (κ3) is 1.05. The lowest BCUT2D eigenvalue weighted by molar-refractivity contribution is -0.562. The van der Waals surface area contributed by atoms with Gasteiger partial charge in [0.2, 0.25) is 0 Å². The van der Waals surface area contributed by atoms with Crippen LogP contribution in [-0.4, -0.2) is 9.15 Å². The van der Waals surface area contributed by atoms with Gasteiger partial charge in [-0.15, -0.1) is 0 Å². The Morgan fingerprint density at radius 2 is 2.00 bits per heavy atom. The van der Waals surface area contributed by atoms with Crippen LogP contribution < -0.4 is 4.31 Å². The van der Waals surface area contributed by atoms with E-state index in [1.165, 1.54) is 0 Å². The van der Waals surface area contributed by atoms with Gasteiger partial charge in [0.05, 0.1) is 0 Å². The first-order valence-corrected chi connectivity index (χ1v) is 4.61. The fraction of sp³-hybridized carbons (Fsp3) is 0. The maximum Gasteiger partial charge on any atom is 0.374 e. The predicted molar refractivity (Wildman–Crippen MR) is 55.7 cm³/mol. The standard InChI is InChI=1S/C7H6N2S3/c10-7-8(11)5-3-1-2-4-6(5)9(7)12/h1-4,8,10H. The molecule has 12 heavy (non-hydrogen) atoms. The number of hydrogen-bond donors (Lipinski definition) is 2. The van der Waals surface area contributed by atoms with Crippen LogP contribution in [0.3, 0.4) is 0 Å². The topological polar surface area (TPSA) is 7.45 Å². The van der Waals surface area contributed by atoms with Gasteiger partial charge in [0.25, 0.3) is 5.69 Å². The van der Waals surface area contributed by atoms with E-state index in [-0.39, 0.29) is 0 Å². The van der Waals surface area contributed by atoms with E-state index < -0.39 is 0 Å². The average molecular weight is 214 g/mol. The molecule has 0 aromatic heterocycles. The Balaban J connectivity index is 2.65. The number of fused-ring (bicyclic) bond motifs is 1. The molecule has 1 aromatic carbocycles. The van der Waals surface area contributed by atoms with E-state index in [0.29, 0.717) is 5.17 Å². The number of nitrogens with one attached hydrogen (secondary N) is 1. The predicted octanol–water partition coefficient (Wildman–Crippen LogP) is 0.0702. The van der Waals surface area contributed by atoms with Gasteiger partial charge in [-0.3, -0.25) is 0 Å². The molecule has 1 aromatic rings. The highest BCUT2D eigenvalue weighted by Crippen LogP contribution is 2.23. The van der Waals surface area contributed by atoms with Gasteiger partial charge in [-0.25, -0.2) is 3.98 Å². The summed E-state index contributed by atoms with van der Waals surface area (Å²) in [6.45, 7) is 0. The molecule has 1 heterocycles. The molecule has 1 aliphatic heterocycles. The van der Waals surface area contributed by atoms with E-state index in [1.807, 2.05) is 24.3 Å². The fourth-order valence-corrected chi connectivity index (χ4v) is 1.97. The quantitative estimate of drug-likeness (QED) is 0.359. The van der Waals surface area contributed by atoms with Crippen LogP contribution in [0.2, 0.25) is 0 Å². The maximum absolute atomic E-state index is 5.15.